The van der Waals surface area contributed by atoms with E-state index < -0.39 is 17.1 Å². The minimum absolute atomic E-state index is 0.109. The summed E-state index contributed by atoms with van der Waals surface area (Å²) in [4.78, 5) is 44.4. The van der Waals surface area contributed by atoms with Gasteiger partial charge in [-0.15, -0.1) is 0 Å². The second-order valence-corrected chi connectivity index (χ2v) is 8.73. The van der Waals surface area contributed by atoms with Crippen LogP contribution in [0.3, 0.4) is 0 Å². The van der Waals surface area contributed by atoms with Crippen molar-refractivity contribution >= 4 is 38.9 Å². The van der Waals surface area contributed by atoms with Crippen molar-refractivity contribution in [1.29, 1.82) is 0 Å². The van der Waals surface area contributed by atoms with E-state index in [-0.39, 0.29) is 11.3 Å². The van der Waals surface area contributed by atoms with Gasteiger partial charge in [-0.1, -0.05) is 12.1 Å². The van der Waals surface area contributed by atoms with Crippen LogP contribution in [-0.2, 0) is 13.1 Å². The van der Waals surface area contributed by atoms with Crippen molar-refractivity contribution in [3.63, 3.8) is 0 Å². The number of hydrogen-bond donors (Lipinski definition) is 2. The lowest BCUT2D eigenvalue weighted by molar-refractivity contribution is 0.430. The molecule has 0 spiro atoms. The molecule has 0 unspecified atom stereocenters. The highest BCUT2D eigenvalue weighted by Crippen LogP contribution is 2.31. The molecule has 0 saturated heterocycles. The van der Waals surface area contributed by atoms with E-state index in [1.165, 1.54) is 6.21 Å². The summed E-state index contributed by atoms with van der Waals surface area (Å²) in [6, 6.07) is 8.91. The fourth-order valence-corrected chi connectivity index (χ4v) is 4.46. The molecule has 0 bridgehead atoms. The highest BCUT2D eigenvalue weighted by molar-refractivity contribution is 9.10. The molecule has 10 heteroatoms. The van der Waals surface area contributed by atoms with Crippen molar-refractivity contribution in [2.75, 3.05) is 0 Å². The smallest absolute Gasteiger partial charge is 0.335 e. The zero-order valence-electron chi connectivity index (χ0n) is 19.2. The third kappa shape index (κ3) is 3.73. The van der Waals surface area contributed by atoms with E-state index in [0.717, 1.165) is 21.2 Å². The van der Waals surface area contributed by atoms with Gasteiger partial charge < -0.3 is 5.11 Å². The number of halogens is 1. The van der Waals surface area contributed by atoms with Crippen molar-refractivity contribution < 1.29 is 5.11 Å². The lowest BCUT2D eigenvalue weighted by Gasteiger charge is -2.13. The molecule has 0 amide bonds. The van der Waals surface area contributed by atoms with E-state index in [2.05, 4.69) is 25.9 Å². The van der Waals surface area contributed by atoms with Gasteiger partial charge in [0, 0.05) is 23.8 Å². The number of hydrogen-bond acceptors (Lipinski definition) is 5. The monoisotopic (exact) mass is 525 g/mol. The van der Waals surface area contributed by atoms with E-state index in [0.29, 0.717) is 34.5 Å². The summed E-state index contributed by atoms with van der Waals surface area (Å²) in [6.45, 7) is 8.54. The Hall–Kier alpha value is -3.66. The van der Waals surface area contributed by atoms with E-state index >= 15 is 0 Å². The summed E-state index contributed by atoms with van der Waals surface area (Å²) in [6.07, 6.45) is 1.21. The van der Waals surface area contributed by atoms with Gasteiger partial charge in [0.25, 0.3) is 5.56 Å². The number of nitrogens with zero attached hydrogens (tertiary/aromatic N) is 4. The van der Waals surface area contributed by atoms with Crippen LogP contribution in [0.1, 0.15) is 30.5 Å². The Kier molecular flexibility index (Phi) is 6.18. The quantitative estimate of drug-likeness (QED) is 0.388. The highest BCUT2D eigenvalue weighted by atomic mass is 79.9. The Bertz CT molecular complexity index is 1640. The Balaban J connectivity index is 1.89. The number of aryl methyl sites for hydroxylation is 3. The number of H-pyrrole nitrogens is 1. The molecule has 2 aromatic carbocycles. The van der Waals surface area contributed by atoms with Crippen LogP contribution in [0.5, 0.6) is 5.88 Å². The van der Waals surface area contributed by atoms with Crippen LogP contribution in [-0.4, -0.2) is 30.0 Å². The van der Waals surface area contributed by atoms with E-state index in [1.54, 1.807) is 33.4 Å². The van der Waals surface area contributed by atoms with Crippen molar-refractivity contribution in [3.8, 4) is 11.6 Å². The minimum atomic E-state index is -0.757. The Morgan fingerprint density at radius 2 is 1.71 bits per heavy atom. The first-order valence-corrected chi connectivity index (χ1v) is 11.6. The minimum Gasteiger partial charge on any atom is -0.493 e. The molecule has 34 heavy (non-hydrogen) atoms. The molecule has 0 radical (unpaired) electrons. The number of benzene rings is 2. The first-order valence-electron chi connectivity index (χ1n) is 10.8. The molecular formula is C24H24BrN5O4. The summed E-state index contributed by atoms with van der Waals surface area (Å²) in [5.74, 6) is -0.508. The van der Waals surface area contributed by atoms with Crippen molar-refractivity contribution in [1.82, 2.24) is 18.7 Å². The van der Waals surface area contributed by atoms with Crippen molar-refractivity contribution in [2.24, 2.45) is 4.99 Å². The summed E-state index contributed by atoms with van der Waals surface area (Å²) >= 11 is 3.49. The summed E-state index contributed by atoms with van der Waals surface area (Å²) in [5, 5.41) is 10.9. The SMILES string of the molecule is CCn1c(=O)n(CC)c2cc(N=Cc3c(O)n(-c4cccc(C)c4C)c(=O)[nH]c3=O)c(Br)cc21. The maximum atomic E-state index is 12.7. The van der Waals surface area contributed by atoms with E-state index in [4.69, 9.17) is 0 Å². The van der Waals surface area contributed by atoms with Crippen molar-refractivity contribution in [3.05, 3.63) is 82.8 Å². The first-order chi connectivity index (χ1) is 16.2. The number of imidazole rings is 1. The number of aliphatic imine (C=N–C) groups is 1. The highest BCUT2D eigenvalue weighted by Gasteiger charge is 2.17. The largest absolute Gasteiger partial charge is 0.493 e. The van der Waals surface area contributed by atoms with Gasteiger partial charge in [-0.05, 0) is 73.0 Å². The number of aromatic nitrogens is 4. The summed E-state index contributed by atoms with van der Waals surface area (Å²) in [5.41, 5.74) is 2.36. The van der Waals surface area contributed by atoms with Gasteiger partial charge in [0.05, 0.1) is 22.4 Å². The van der Waals surface area contributed by atoms with E-state index in [1.807, 2.05) is 33.8 Å². The molecule has 0 fully saturated rings. The van der Waals surface area contributed by atoms with Gasteiger partial charge in [0.1, 0.15) is 5.56 Å². The van der Waals surface area contributed by atoms with Crippen LogP contribution in [0.15, 0.2) is 54.2 Å². The van der Waals surface area contributed by atoms with Crippen LogP contribution < -0.4 is 16.9 Å². The second-order valence-electron chi connectivity index (χ2n) is 7.87. The number of aromatic hydroxyl groups is 1. The van der Waals surface area contributed by atoms with Crippen LogP contribution in [0.4, 0.5) is 5.69 Å². The lowest BCUT2D eigenvalue weighted by Crippen LogP contribution is -2.31. The number of aromatic amines is 1. The molecule has 4 rings (SSSR count). The Morgan fingerprint density at radius 3 is 2.35 bits per heavy atom. The first kappa shape index (κ1) is 23.5. The number of nitrogens with one attached hydrogen (secondary N) is 1. The molecule has 0 aliphatic heterocycles. The molecule has 176 valence electrons. The molecule has 9 nitrogen and oxygen atoms in total. The predicted octanol–water partition coefficient (Wildman–Crippen LogP) is 3.52. The third-order valence-electron chi connectivity index (χ3n) is 5.99. The zero-order chi connectivity index (χ0) is 24.7. The van der Waals surface area contributed by atoms with Crippen LogP contribution in [0, 0.1) is 13.8 Å². The second kappa shape index (κ2) is 8.94. The molecule has 0 aliphatic carbocycles. The molecule has 2 heterocycles. The van der Waals surface area contributed by atoms with Crippen LogP contribution in [0.25, 0.3) is 16.7 Å². The Morgan fingerprint density at radius 1 is 1.06 bits per heavy atom. The van der Waals surface area contributed by atoms with Gasteiger partial charge >= 0.3 is 11.4 Å². The van der Waals surface area contributed by atoms with E-state index in [9.17, 15) is 19.5 Å². The van der Waals surface area contributed by atoms with Crippen LogP contribution >= 0.6 is 15.9 Å². The normalized spacial score (nSPS) is 11.7. The molecule has 4 aromatic rings. The van der Waals surface area contributed by atoms with Crippen LogP contribution in [0.2, 0.25) is 0 Å². The topological polar surface area (TPSA) is 114 Å². The maximum absolute atomic E-state index is 12.7. The zero-order valence-corrected chi connectivity index (χ0v) is 20.8. The maximum Gasteiger partial charge on any atom is 0.335 e. The lowest BCUT2D eigenvalue weighted by atomic mass is 10.1. The molecule has 2 N–H and O–H groups in total. The van der Waals surface area contributed by atoms with Gasteiger partial charge in [0.2, 0.25) is 5.88 Å². The number of rotatable bonds is 5. The van der Waals surface area contributed by atoms with Gasteiger partial charge in [0.15, 0.2) is 0 Å². The summed E-state index contributed by atoms with van der Waals surface area (Å²) < 4.78 is 4.99. The third-order valence-corrected chi connectivity index (χ3v) is 6.63. The predicted molar refractivity (Wildman–Crippen MR) is 136 cm³/mol. The van der Waals surface area contributed by atoms with Gasteiger partial charge in [-0.25, -0.2) is 14.2 Å². The van der Waals surface area contributed by atoms with Crippen molar-refractivity contribution in [2.45, 2.75) is 40.8 Å². The average Bonchev–Trinajstić information content (AvgIpc) is 3.05. The van der Waals surface area contributed by atoms with Gasteiger partial charge in [-0.3, -0.25) is 23.9 Å². The molecular weight excluding hydrogens is 502 g/mol. The fourth-order valence-electron chi connectivity index (χ4n) is 4.02. The number of fused-ring (bicyclic) bond motifs is 1. The molecule has 2 aromatic heterocycles. The Labute approximate surface area is 202 Å². The fraction of sp³-hybridized carbons (Fsp3) is 0.250. The molecule has 0 atom stereocenters. The summed E-state index contributed by atoms with van der Waals surface area (Å²) in [7, 11) is 0. The van der Waals surface area contributed by atoms with Gasteiger partial charge in [-0.2, -0.15) is 0 Å². The average molecular weight is 526 g/mol. The molecule has 0 saturated carbocycles. The standard InChI is InChI=1S/C24H24BrN5O4/c1-5-28-19-10-16(25)17(11-20(19)29(6-2)24(28)34)26-12-15-21(31)27-23(33)30(22(15)32)18-9-7-8-13(3)14(18)4/h7-12,32H,5-6H2,1-4H3,(H,27,31,33). The molecule has 0 aliphatic rings.